The molecular formula is C16H20N2. The van der Waals surface area contributed by atoms with Gasteiger partial charge in [0.2, 0.25) is 0 Å². The number of benzene rings is 1. The highest BCUT2D eigenvalue weighted by molar-refractivity contribution is 5.33. The van der Waals surface area contributed by atoms with Crippen molar-refractivity contribution in [1.82, 2.24) is 10.3 Å². The van der Waals surface area contributed by atoms with Gasteiger partial charge in [-0.25, -0.2) is 0 Å². The molecule has 2 nitrogen and oxygen atoms in total. The number of aryl methyl sites for hydroxylation is 2. The molecule has 0 spiro atoms. The molecule has 1 atom stereocenters. The Bertz CT molecular complexity index is 506. The highest BCUT2D eigenvalue weighted by Crippen LogP contribution is 2.21. The maximum absolute atomic E-state index is 4.40. The molecule has 94 valence electrons. The van der Waals surface area contributed by atoms with E-state index >= 15 is 0 Å². The molecule has 2 aromatic rings. The van der Waals surface area contributed by atoms with Crippen molar-refractivity contribution in [3.63, 3.8) is 0 Å². The Kier molecular flexibility index (Phi) is 4.11. The minimum atomic E-state index is 0.320. The number of likely N-dealkylation sites (N-methyl/N-ethyl adjacent to an activating group) is 1. The van der Waals surface area contributed by atoms with Crippen molar-refractivity contribution in [2.75, 3.05) is 7.05 Å². The molecular weight excluding hydrogens is 220 g/mol. The molecule has 2 heteroatoms. The van der Waals surface area contributed by atoms with Crippen LogP contribution in [0.5, 0.6) is 0 Å². The Balaban J connectivity index is 2.23. The molecule has 1 N–H and O–H groups in total. The molecule has 1 unspecified atom stereocenters. The van der Waals surface area contributed by atoms with Gasteiger partial charge in [-0.2, -0.15) is 0 Å². The first-order chi connectivity index (χ1) is 8.70. The van der Waals surface area contributed by atoms with E-state index in [1.807, 2.05) is 25.4 Å². The molecule has 0 aliphatic rings. The SMILES string of the molecule is CNC(Cc1ccccn1)c1ccc(C)cc1C. The van der Waals surface area contributed by atoms with Crippen molar-refractivity contribution < 1.29 is 0 Å². The van der Waals surface area contributed by atoms with Crippen molar-refractivity contribution in [3.05, 3.63) is 65.0 Å². The van der Waals surface area contributed by atoms with Gasteiger partial charge in [-0.1, -0.05) is 29.8 Å². The summed E-state index contributed by atoms with van der Waals surface area (Å²) in [4.78, 5) is 4.40. The topological polar surface area (TPSA) is 24.9 Å². The number of hydrogen-bond donors (Lipinski definition) is 1. The average molecular weight is 240 g/mol. The van der Waals surface area contributed by atoms with E-state index in [0.29, 0.717) is 6.04 Å². The number of nitrogens with one attached hydrogen (secondary N) is 1. The van der Waals surface area contributed by atoms with Gasteiger partial charge in [-0.3, -0.25) is 4.98 Å². The maximum Gasteiger partial charge on any atom is 0.0422 e. The fourth-order valence-corrected chi connectivity index (χ4v) is 2.31. The predicted molar refractivity (Wildman–Crippen MR) is 75.7 cm³/mol. The van der Waals surface area contributed by atoms with Crippen molar-refractivity contribution in [2.24, 2.45) is 0 Å². The summed E-state index contributed by atoms with van der Waals surface area (Å²) in [6.07, 6.45) is 2.77. The van der Waals surface area contributed by atoms with Crippen LogP contribution >= 0.6 is 0 Å². The van der Waals surface area contributed by atoms with Gasteiger partial charge in [0.05, 0.1) is 0 Å². The molecule has 0 amide bonds. The van der Waals surface area contributed by atoms with Crippen LogP contribution in [0.4, 0.5) is 0 Å². The highest BCUT2D eigenvalue weighted by atomic mass is 14.9. The normalized spacial score (nSPS) is 12.4. The van der Waals surface area contributed by atoms with Gasteiger partial charge in [0, 0.05) is 24.4 Å². The number of aromatic nitrogens is 1. The summed E-state index contributed by atoms with van der Waals surface area (Å²) in [5, 5.41) is 3.39. The van der Waals surface area contributed by atoms with Crippen molar-refractivity contribution in [2.45, 2.75) is 26.3 Å². The van der Waals surface area contributed by atoms with E-state index in [1.54, 1.807) is 0 Å². The summed E-state index contributed by atoms with van der Waals surface area (Å²) >= 11 is 0. The van der Waals surface area contributed by atoms with Crippen LogP contribution in [0, 0.1) is 13.8 Å². The van der Waals surface area contributed by atoms with Gasteiger partial charge in [-0.05, 0) is 44.2 Å². The second-order valence-electron chi connectivity index (χ2n) is 4.73. The van der Waals surface area contributed by atoms with Gasteiger partial charge >= 0.3 is 0 Å². The molecule has 0 saturated carbocycles. The van der Waals surface area contributed by atoms with E-state index in [4.69, 9.17) is 0 Å². The second-order valence-corrected chi connectivity index (χ2v) is 4.73. The number of hydrogen-bond acceptors (Lipinski definition) is 2. The fourth-order valence-electron chi connectivity index (χ4n) is 2.31. The lowest BCUT2D eigenvalue weighted by Gasteiger charge is -2.19. The summed E-state index contributed by atoms with van der Waals surface area (Å²) in [5.41, 5.74) is 5.12. The monoisotopic (exact) mass is 240 g/mol. The zero-order valence-corrected chi connectivity index (χ0v) is 11.3. The van der Waals surface area contributed by atoms with Gasteiger partial charge in [0.1, 0.15) is 0 Å². The zero-order chi connectivity index (χ0) is 13.0. The average Bonchev–Trinajstić information content (AvgIpc) is 2.38. The smallest absolute Gasteiger partial charge is 0.0422 e. The van der Waals surface area contributed by atoms with Crippen LogP contribution in [0.2, 0.25) is 0 Å². The number of rotatable bonds is 4. The lowest BCUT2D eigenvalue weighted by Crippen LogP contribution is -2.20. The standard InChI is InChI=1S/C16H20N2/c1-12-7-8-15(13(2)10-12)16(17-3)11-14-6-4-5-9-18-14/h4-10,16-17H,11H2,1-3H3. The third kappa shape index (κ3) is 2.96. The first-order valence-corrected chi connectivity index (χ1v) is 6.35. The summed E-state index contributed by atoms with van der Waals surface area (Å²) in [6.45, 7) is 4.30. The molecule has 0 fully saturated rings. The first kappa shape index (κ1) is 12.8. The van der Waals surface area contributed by atoms with Gasteiger partial charge < -0.3 is 5.32 Å². The van der Waals surface area contributed by atoms with Crippen molar-refractivity contribution >= 4 is 0 Å². The molecule has 0 aliphatic carbocycles. The lowest BCUT2D eigenvalue weighted by molar-refractivity contribution is 0.581. The Morgan fingerprint density at radius 1 is 1.17 bits per heavy atom. The van der Waals surface area contributed by atoms with E-state index in [-0.39, 0.29) is 0 Å². The highest BCUT2D eigenvalue weighted by Gasteiger charge is 2.12. The van der Waals surface area contributed by atoms with Crippen molar-refractivity contribution in [3.8, 4) is 0 Å². The third-order valence-electron chi connectivity index (χ3n) is 3.29. The lowest BCUT2D eigenvalue weighted by atomic mass is 9.96. The number of pyridine rings is 1. The molecule has 1 aromatic heterocycles. The molecule has 0 radical (unpaired) electrons. The largest absolute Gasteiger partial charge is 0.313 e. The van der Waals surface area contributed by atoms with Gasteiger partial charge in [0.15, 0.2) is 0 Å². The van der Waals surface area contributed by atoms with E-state index in [0.717, 1.165) is 12.1 Å². The van der Waals surface area contributed by atoms with Gasteiger partial charge in [0.25, 0.3) is 0 Å². The first-order valence-electron chi connectivity index (χ1n) is 6.35. The fraction of sp³-hybridized carbons (Fsp3) is 0.312. The minimum absolute atomic E-state index is 0.320. The molecule has 0 aliphatic heterocycles. The van der Waals surface area contributed by atoms with E-state index < -0.39 is 0 Å². The van der Waals surface area contributed by atoms with Gasteiger partial charge in [-0.15, -0.1) is 0 Å². The minimum Gasteiger partial charge on any atom is -0.313 e. The van der Waals surface area contributed by atoms with E-state index in [1.165, 1.54) is 16.7 Å². The summed E-state index contributed by atoms with van der Waals surface area (Å²) in [6, 6.07) is 13.0. The van der Waals surface area contributed by atoms with Crippen LogP contribution in [0.1, 0.15) is 28.4 Å². The predicted octanol–water partition coefficient (Wildman–Crippen LogP) is 3.20. The third-order valence-corrected chi connectivity index (χ3v) is 3.29. The molecule has 1 heterocycles. The summed E-state index contributed by atoms with van der Waals surface area (Å²) < 4.78 is 0. The van der Waals surface area contributed by atoms with Crippen LogP contribution in [0.3, 0.4) is 0 Å². The zero-order valence-electron chi connectivity index (χ0n) is 11.3. The van der Waals surface area contributed by atoms with Crippen molar-refractivity contribution in [1.29, 1.82) is 0 Å². The molecule has 2 rings (SSSR count). The summed E-state index contributed by atoms with van der Waals surface area (Å²) in [5.74, 6) is 0. The van der Waals surface area contributed by atoms with Crippen LogP contribution in [-0.2, 0) is 6.42 Å². The maximum atomic E-state index is 4.40. The number of nitrogens with zero attached hydrogens (tertiary/aromatic N) is 1. The molecule has 18 heavy (non-hydrogen) atoms. The Morgan fingerprint density at radius 2 is 2.00 bits per heavy atom. The van der Waals surface area contributed by atoms with Crippen LogP contribution in [0.25, 0.3) is 0 Å². The second kappa shape index (κ2) is 5.78. The van der Waals surface area contributed by atoms with Crippen LogP contribution in [-0.4, -0.2) is 12.0 Å². The Morgan fingerprint density at radius 3 is 2.61 bits per heavy atom. The Labute approximate surface area is 109 Å². The molecule has 1 aromatic carbocycles. The Hall–Kier alpha value is -1.67. The van der Waals surface area contributed by atoms with Crippen LogP contribution < -0.4 is 5.32 Å². The van der Waals surface area contributed by atoms with Crippen LogP contribution in [0.15, 0.2) is 42.6 Å². The molecule has 0 saturated heterocycles. The summed E-state index contributed by atoms with van der Waals surface area (Å²) in [7, 11) is 2.01. The van der Waals surface area contributed by atoms with E-state index in [9.17, 15) is 0 Å². The molecule has 0 bridgehead atoms. The van der Waals surface area contributed by atoms with E-state index in [2.05, 4.69) is 48.4 Å². The quantitative estimate of drug-likeness (QED) is 0.887.